The highest BCUT2D eigenvalue weighted by molar-refractivity contribution is 7.92. The van der Waals surface area contributed by atoms with Gasteiger partial charge >= 0.3 is 0 Å². The van der Waals surface area contributed by atoms with Gasteiger partial charge in [0, 0.05) is 5.02 Å². The molecule has 1 heterocycles. The van der Waals surface area contributed by atoms with Crippen LogP contribution in [-0.2, 0) is 10.0 Å². The second kappa shape index (κ2) is 4.86. The van der Waals surface area contributed by atoms with Crippen LogP contribution in [0.25, 0.3) is 0 Å². The smallest absolute Gasteiger partial charge is 0.262 e. The van der Waals surface area contributed by atoms with Gasteiger partial charge in [0.1, 0.15) is 0 Å². The van der Waals surface area contributed by atoms with Crippen LogP contribution in [0.2, 0.25) is 5.02 Å². The summed E-state index contributed by atoms with van der Waals surface area (Å²) >= 11 is 5.86. The predicted molar refractivity (Wildman–Crippen MR) is 75.1 cm³/mol. The number of hydrogen-bond acceptors (Lipinski definition) is 3. The van der Waals surface area contributed by atoms with Crippen molar-refractivity contribution >= 4 is 27.3 Å². The first-order valence-corrected chi connectivity index (χ1v) is 7.48. The van der Waals surface area contributed by atoms with Crippen LogP contribution in [0.15, 0.2) is 23.1 Å². The highest BCUT2D eigenvalue weighted by Crippen LogP contribution is 2.25. The Balaban J connectivity index is 2.47. The first kappa shape index (κ1) is 13.9. The molecule has 5 nitrogen and oxygen atoms in total. The zero-order chi connectivity index (χ0) is 14.2. The minimum atomic E-state index is -3.68. The van der Waals surface area contributed by atoms with E-state index in [-0.39, 0.29) is 4.90 Å². The molecule has 0 fully saturated rings. The summed E-state index contributed by atoms with van der Waals surface area (Å²) in [4.78, 5) is 0.167. The van der Waals surface area contributed by atoms with Gasteiger partial charge in [-0.25, -0.2) is 8.42 Å². The molecule has 0 saturated heterocycles. The molecule has 0 saturated carbocycles. The Hall–Kier alpha value is -1.53. The molecule has 2 aromatic rings. The van der Waals surface area contributed by atoms with Gasteiger partial charge in [-0.2, -0.15) is 5.10 Å². The molecule has 7 heteroatoms. The van der Waals surface area contributed by atoms with Gasteiger partial charge in [-0.05, 0) is 38.5 Å². The highest BCUT2D eigenvalue weighted by Gasteiger charge is 2.20. The standard InChI is InChI=1S/C12H14ClN3O2S/c1-7-4-5-10(13)6-11(7)19(17,18)16-12-8(2)14-15-9(12)3/h4-6,16H,1-3H3,(H,14,15). The topological polar surface area (TPSA) is 74.8 Å². The van der Waals surface area contributed by atoms with Gasteiger partial charge in [0.2, 0.25) is 0 Å². The molecule has 0 atom stereocenters. The number of sulfonamides is 1. The van der Waals surface area contributed by atoms with E-state index in [0.717, 1.165) is 0 Å². The summed E-state index contributed by atoms with van der Waals surface area (Å²) < 4.78 is 27.3. The van der Waals surface area contributed by atoms with Crippen LogP contribution in [-0.4, -0.2) is 18.6 Å². The monoisotopic (exact) mass is 299 g/mol. The van der Waals surface area contributed by atoms with Gasteiger partial charge in [-0.3, -0.25) is 9.82 Å². The summed E-state index contributed by atoms with van der Waals surface area (Å²) in [5.74, 6) is 0. The van der Waals surface area contributed by atoms with Crippen LogP contribution in [0, 0.1) is 20.8 Å². The Bertz CT molecular complexity index is 703. The number of hydrogen-bond donors (Lipinski definition) is 2. The number of nitrogens with one attached hydrogen (secondary N) is 2. The summed E-state index contributed by atoms with van der Waals surface area (Å²) in [6.45, 7) is 5.20. The number of aromatic amines is 1. The van der Waals surface area contributed by atoms with E-state index in [1.165, 1.54) is 6.07 Å². The second-order valence-electron chi connectivity index (χ2n) is 4.32. The SMILES string of the molecule is Cc1ccc(Cl)cc1S(=O)(=O)Nc1c(C)n[nH]c1C. The van der Waals surface area contributed by atoms with Gasteiger partial charge in [-0.15, -0.1) is 0 Å². The first-order valence-electron chi connectivity index (χ1n) is 5.62. The Morgan fingerprint density at radius 2 is 1.95 bits per heavy atom. The van der Waals surface area contributed by atoms with Crippen LogP contribution in [0.4, 0.5) is 5.69 Å². The van der Waals surface area contributed by atoms with Crippen LogP contribution in [0.3, 0.4) is 0 Å². The van der Waals surface area contributed by atoms with Crippen molar-refractivity contribution in [3.63, 3.8) is 0 Å². The van der Waals surface area contributed by atoms with Crippen molar-refractivity contribution < 1.29 is 8.42 Å². The molecule has 1 aromatic carbocycles. The Labute approximate surface area is 117 Å². The fourth-order valence-corrected chi connectivity index (χ4v) is 3.44. The average Bonchev–Trinajstić information content (AvgIpc) is 2.63. The minimum Gasteiger partial charge on any atom is -0.280 e. The fourth-order valence-electron chi connectivity index (χ4n) is 1.75. The molecular formula is C12H14ClN3O2S. The van der Waals surface area contributed by atoms with Crippen molar-refractivity contribution in [2.24, 2.45) is 0 Å². The Morgan fingerprint density at radius 3 is 2.53 bits per heavy atom. The molecule has 0 aliphatic rings. The molecule has 1 aromatic heterocycles. The molecule has 0 radical (unpaired) electrons. The minimum absolute atomic E-state index is 0.167. The van der Waals surface area contributed by atoms with Crippen LogP contribution in [0.1, 0.15) is 17.0 Å². The molecule has 0 amide bonds. The zero-order valence-corrected chi connectivity index (χ0v) is 12.4. The summed E-state index contributed by atoms with van der Waals surface area (Å²) in [5, 5.41) is 7.07. The van der Waals surface area contributed by atoms with E-state index < -0.39 is 10.0 Å². The lowest BCUT2D eigenvalue weighted by atomic mass is 10.2. The van der Waals surface area contributed by atoms with Crippen LogP contribution >= 0.6 is 11.6 Å². The van der Waals surface area contributed by atoms with Crippen LogP contribution in [0.5, 0.6) is 0 Å². The number of aryl methyl sites for hydroxylation is 3. The van der Waals surface area contributed by atoms with E-state index in [1.54, 1.807) is 32.9 Å². The van der Waals surface area contributed by atoms with Gasteiger partial charge in [0.05, 0.1) is 22.0 Å². The molecule has 2 rings (SSSR count). The maximum atomic E-state index is 12.4. The number of aromatic nitrogens is 2. The van der Waals surface area contributed by atoms with E-state index in [4.69, 9.17) is 11.6 Å². The van der Waals surface area contributed by atoms with Gasteiger partial charge in [0.15, 0.2) is 0 Å². The summed E-state index contributed by atoms with van der Waals surface area (Å²) in [5.41, 5.74) is 2.37. The van der Waals surface area contributed by atoms with Crippen molar-refractivity contribution in [2.45, 2.75) is 25.7 Å². The Kier molecular flexibility index (Phi) is 3.56. The zero-order valence-electron chi connectivity index (χ0n) is 10.8. The lowest BCUT2D eigenvalue weighted by molar-refractivity contribution is 0.600. The van der Waals surface area contributed by atoms with Crippen molar-refractivity contribution in [3.8, 4) is 0 Å². The molecule has 0 aliphatic heterocycles. The molecule has 0 aliphatic carbocycles. The quantitative estimate of drug-likeness (QED) is 0.915. The number of H-pyrrole nitrogens is 1. The fraction of sp³-hybridized carbons (Fsp3) is 0.250. The average molecular weight is 300 g/mol. The number of rotatable bonds is 3. The van der Waals surface area contributed by atoms with Crippen molar-refractivity contribution in [3.05, 3.63) is 40.2 Å². The molecule has 102 valence electrons. The predicted octanol–water partition coefficient (Wildman–Crippen LogP) is 2.79. The van der Waals surface area contributed by atoms with E-state index >= 15 is 0 Å². The molecule has 0 unspecified atom stereocenters. The molecule has 19 heavy (non-hydrogen) atoms. The number of benzene rings is 1. The summed E-state index contributed by atoms with van der Waals surface area (Å²) in [7, 11) is -3.68. The van der Waals surface area contributed by atoms with Crippen molar-refractivity contribution in [1.82, 2.24) is 10.2 Å². The van der Waals surface area contributed by atoms with E-state index in [2.05, 4.69) is 14.9 Å². The van der Waals surface area contributed by atoms with Gasteiger partial charge in [-0.1, -0.05) is 17.7 Å². The molecule has 2 N–H and O–H groups in total. The molecule has 0 bridgehead atoms. The van der Waals surface area contributed by atoms with Crippen LogP contribution < -0.4 is 4.72 Å². The normalized spacial score (nSPS) is 11.6. The Morgan fingerprint density at radius 1 is 1.26 bits per heavy atom. The number of anilines is 1. The summed E-state index contributed by atoms with van der Waals surface area (Å²) in [6.07, 6.45) is 0. The second-order valence-corrected chi connectivity index (χ2v) is 6.41. The lowest BCUT2D eigenvalue weighted by Gasteiger charge is -2.10. The number of nitrogens with zero attached hydrogens (tertiary/aromatic N) is 1. The van der Waals surface area contributed by atoms with Crippen molar-refractivity contribution in [2.75, 3.05) is 4.72 Å². The third-order valence-electron chi connectivity index (χ3n) is 2.80. The highest BCUT2D eigenvalue weighted by atomic mass is 35.5. The largest absolute Gasteiger partial charge is 0.280 e. The van der Waals surface area contributed by atoms with E-state index in [9.17, 15) is 8.42 Å². The van der Waals surface area contributed by atoms with Crippen molar-refractivity contribution in [1.29, 1.82) is 0 Å². The van der Waals surface area contributed by atoms with E-state index in [1.807, 2.05) is 0 Å². The molecular weight excluding hydrogens is 286 g/mol. The maximum absolute atomic E-state index is 12.4. The van der Waals surface area contributed by atoms with Gasteiger partial charge < -0.3 is 0 Å². The third-order valence-corrected chi connectivity index (χ3v) is 4.53. The third kappa shape index (κ3) is 2.74. The summed E-state index contributed by atoms with van der Waals surface area (Å²) in [6, 6.07) is 4.76. The lowest BCUT2D eigenvalue weighted by Crippen LogP contribution is -2.15. The van der Waals surface area contributed by atoms with E-state index in [0.29, 0.717) is 27.7 Å². The molecule has 0 spiro atoms. The maximum Gasteiger partial charge on any atom is 0.262 e. The van der Waals surface area contributed by atoms with Gasteiger partial charge in [0.25, 0.3) is 10.0 Å². The first-order chi connectivity index (χ1) is 8.81. The number of halogens is 1.